The van der Waals surface area contributed by atoms with Crippen LogP contribution in [0.3, 0.4) is 0 Å². The smallest absolute Gasteiger partial charge is 0.115 e. The van der Waals surface area contributed by atoms with Crippen LogP contribution in [0.4, 0.5) is 0 Å². The maximum atomic E-state index is 9.05. The fourth-order valence-corrected chi connectivity index (χ4v) is 2.17. The summed E-state index contributed by atoms with van der Waals surface area (Å²) in [6, 6.07) is 0.391. The van der Waals surface area contributed by atoms with Crippen LogP contribution in [-0.2, 0) is 0 Å². The van der Waals surface area contributed by atoms with Gasteiger partial charge < -0.3 is 10.2 Å². The van der Waals surface area contributed by atoms with Gasteiger partial charge in [-0.1, -0.05) is 0 Å². The van der Waals surface area contributed by atoms with E-state index in [1.54, 1.807) is 0 Å². The molecule has 2 aliphatic heterocycles. The number of rotatable bonds is 2. The Morgan fingerprint density at radius 2 is 1.47 bits per heavy atom. The topological polar surface area (TPSA) is 67.8 Å². The molecule has 2 fully saturated rings. The highest BCUT2D eigenvalue weighted by Gasteiger charge is 2.32. The average molecular weight is 282 g/mol. The van der Waals surface area contributed by atoms with Gasteiger partial charge in [0.2, 0.25) is 0 Å². The second kappa shape index (κ2) is 6.12. The molecular formula is C9H20BrN3O2. The number of hydrogen-bond donors (Lipinski definition) is 4. The normalized spacial score (nSPS) is 33.2. The van der Waals surface area contributed by atoms with Gasteiger partial charge in [0.15, 0.2) is 0 Å². The van der Waals surface area contributed by atoms with Gasteiger partial charge in [0.1, 0.15) is 6.29 Å². The van der Waals surface area contributed by atoms with Crippen molar-refractivity contribution in [3.8, 4) is 0 Å². The zero-order valence-electron chi connectivity index (χ0n) is 8.72. The maximum absolute atomic E-state index is 9.05. The lowest BCUT2D eigenvalue weighted by Gasteiger charge is -2.45. The highest BCUT2D eigenvalue weighted by molar-refractivity contribution is 8.93. The summed E-state index contributed by atoms with van der Waals surface area (Å²) >= 11 is 0. The minimum absolute atomic E-state index is 0. The largest absolute Gasteiger partial charge is 0.395 e. The van der Waals surface area contributed by atoms with Crippen molar-refractivity contribution < 1.29 is 10.2 Å². The molecule has 5 nitrogen and oxygen atoms in total. The summed E-state index contributed by atoms with van der Waals surface area (Å²) < 4.78 is 0. The second-order valence-electron chi connectivity index (χ2n) is 4.11. The van der Waals surface area contributed by atoms with Gasteiger partial charge in [-0.3, -0.25) is 15.5 Å². The summed E-state index contributed by atoms with van der Waals surface area (Å²) in [5, 5.41) is 24.7. The monoisotopic (exact) mass is 281 g/mol. The van der Waals surface area contributed by atoms with Crippen LogP contribution in [0.1, 0.15) is 12.8 Å². The van der Waals surface area contributed by atoms with Crippen molar-refractivity contribution in [1.29, 1.82) is 0 Å². The summed E-state index contributed by atoms with van der Waals surface area (Å²) in [7, 11) is 0. The molecule has 2 atom stereocenters. The summed E-state index contributed by atoms with van der Waals surface area (Å²) in [6.07, 6.45) is 2.13. The van der Waals surface area contributed by atoms with E-state index >= 15 is 0 Å². The number of aliphatic hydroxyl groups excluding tert-OH is 2. The van der Waals surface area contributed by atoms with Gasteiger partial charge in [-0.05, 0) is 12.8 Å². The molecule has 0 radical (unpaired) electrons. The Labute approximate surface area is 101 Å². The van der Waals surface area contributed by atoms with Crippen LogP contribution in [0, 0.1) is 0 Å². The molecule has 0 aromatic rings. The van der Waals surface area contributed by atoms with Gasteiger partial charge >= 0.3 is 0 Å². The molecule has 2 aliphatic rings. The fourth-order valence-electron chi connectivity index (χ4n) is 2.17. The van der Waals surface area contributed by atoms with Crippen LogP contribution >= 0.6 is 17.0 Å². The molecule has 0 spiro atoms. The first-order valence-corrected chi connectivity index (χ1v) is 5.31. The van der Waals surface area contributed by atoms with Gasteiger partial charge in [-0.2, -0.15) is 0 Å². The number of halogens is 1. The number of hydrogen-bond acceptors (Lipinski definition) is 5. The van der Waals surface area contributed by atoms with Crippen molar-refractivity contribution in [2.45, 2.75) is 31.2 Å². The third-order valence-electron chi connectivity index (χ3n) is 3.12. The molecule has 0 saturated carbocycles. The number of nitrogens with one attached hydrogen (secondary N) is 2. The Hall–Kier alpha value is 0.280. The van der Waals surface area contributed by atoms with Gasteiger partial charge in [0.05, 0.1) is 13.2 Å². The molecular weight excluding hydrogens is 262 g/mol. The Morgan fingerprint density at radius 3 is 1.87 bits per heavy atom. The molecule has 2 rings (SSSR count). The zero-order valence-corrected chi connectivity index (χ0v) is 10.4. The van der Waals surface area contributed by atoms with Gasteiger partial charge in [0, 0.05) is 25.2 Å². The average Bonchev–Trinajstić information content (AvgIpc) is 2.27. The third kappa shape index (κ3) is 3.12. The molecule has 4 N–H and O–H groups in total. The molecule has 0 bridgehead atoms. The lowest BCUT2D eigenvalue weighted by molar-refractivity contribution is 0.0126. The summed E-state index contributed by atoms with van der Waals surface area (Å²) in [6.45, 7) is 2.42. The van der Waals surface area contributed by atoms with Crippen LogP contribution in [0.2, 0.25) is 0 Å². The van der Waals surface area contributed by atoms with E-state index in [1.165, 1.54) is 0 Å². The van der Waals surface area contributed by atoms with E-state index in [2.05, 4.69) is 15.5 Å². The number of aliphatic hydroxyl groups is 2. The van der Waals surface area contributed by atoms with Crippen LogP contribution in [-0.4, -0.2) is 59.8 Å². The first kappa shape index (κ1) is 13.3. The quantitative estimate of drug-likeness (QED) is 0.515. The summed E-state index contributed by atoms with van der Waals surface area (Å²) in [4.78, 5) is 2.32. The van der Waals surface area contributed by atoms with Gasteiger partial charge in [-0.15, -0.1) is 17.0 Å². The summed E-state index contributed by atoms with van der Waals surface area (Å²) in [5.74, 6) is 0. The lowest BCUT2D eigenvalue weighted by atomic mass is 10.1. The molecule has 6 heteroatoms. The van der Waals surface area contributed by atoms with Crippen molar-refractivity contribution in [1.82, 2.24) is 15.5 Å². The molecule has 2 saturated heterocycles. The van der Waals surface area contributed by atoms with Crippen molar-refractivity contribution in [3.63, 3.8) is 0 Å². The van der Waals surface area contributed by atoms with Crippen molar-refractivity contribution in [2.24, 2.45) is 0 Å². The van der Waals surface area contributed by atoms with Gasteiger partial charge in [0.25, 0.3) is 0 Å². The van der Waals surface area contributed by atoms with Crippen LogP contribution in [0.5, 0.6) is 0 Å². The molecule has 90 valence electrons. The summed E-state index contributed by atoms with van der Waals surface area (Å²) in [5.41, 5.74) is 0. The van der Waals surface area contributed by atoms with E-state index in [1.807, 2.05) is 0 Å². The van der Waals surface area contributed by atoms with E-state index in [-0.39, 0.29) is 48.6 Å². The van der Waals surface area contributed by atoms with Crippen LogP contribution in [0.25, 0.3) is 0 Å². The maximum Gasteiger partial charge on any atom is 0.115 e. The first-order valence-electron chi connectivity index (χ1n) is 5.31. The minimum Gasteiger partial charge on any atom is -0.395 e. The zero-order chi connectivity index (χ0) is 9.97. The first-order chi connectivity index (χ1) is 6.83. The van der Waals surface area contributed by atoms with E-state index < -0.39 is 0 Å². The highest BCUT2D eigenvalue weighted by atomic mass is 79.9. The molecule has 2 heterocycles. The van der Waals surface area contributed by atoms with Crippen molar-refractivity contribution in [3.05, 3.63) is 0 Å². The molecule has 0 aliphatic carbocycles. The predicted molar refractivity (Wildman–Crippen MR) is 62.9 cm³/mol. The predicted octanol–water partition coefficient (Wildman–Crippen LogP) is -1.14. The molecule has 15 heavy (non-hydrogen) atoms. The van der Waals surface area contributed by atoms with Gasteiger partial charge in [-0.25, -0.2) is 0 Å². The Kier molecular flexibility index (Phi) is 5.45. The van der Waals surface area contributed by atoms with E-state index in [4.69, 9.17) is 10.2 Å². The SMILES string of the molecule is Br.OC[C@@H]1CCN2CC[C@@H](CO)NC2N1. The number of nitrogens with zero attached hydrogens (tertiary/aromatic N) is 1. The standard InChI is InChI=1S/C9H19N3O2.BrH/c13-5-7-1-3-12-4-2-8(6-14)11-9(12)10-7;/h7-11,13-14H,1-6H2;1H/t7-,8-;/m0./s1. The van der Waals surface area contributed by atoms with E-state index in [0.717, 1.165) is 25.9 Å². The number of fused-ring (bicyclic) bond motifs is 1. The van der Waals surface area contributed by atoms with E-state index in [0.29, 0.717) is 0 Å². The molecule has 0 unspecified atom stereocenters. The molecule has 0 amide bonds. The minimum atomic E-state index is 0. The lowest BCUT2D eigenvalue weighted by Crippen LogP contribution is -2.68. The van der Waals surface area contributed by atoms with Crippen molar-refractivity contribution in [2.75, 3.05) is 26.3 Å². The third-order valence-corrected chi connectivity index (χ3v) is 3.12. The second-order valence-corrected chi connectivity index (χ2v) is 4.11. The van der Waals surface area contributed by atoms with Crippen LogP contribution in [0.15, 0.2) is 0 Å². The van der Waals surface area contributed by atoms with Crippen molar-refractivity contribution >= 4 is 17.0 Å². The fraction of sp³-hybridized carbons (Fsp3) is 1.00. The Morgan fingerprint density at radius 1 is 1.00 bits per heavy atom. The van der Waals surface area contributed by atoms with Crippen LogP contribution < -0.4 is 10.6 Å². The molecule has 0 aromatic heterocycles. The highest BCUT2D eigenvalue weighted by Crippen LogP contribution is 2.14. The Bertz CT molecular complexity index is 178. The van der Waals surface area contributed by atoms with E-state index in [9.17, 15) is 0 Å². The molecule has 0 aromatic carbocycles. The Balaban J connectivity index is 0.00000112.